The van der Waals surface area contributed by atoms with E-state index in [1.165, 1.54) is 6.07 Å². The van der Waals surface area contributed by atoms with Crippen LogP contribution in [0.5, 0.6) is 0 Å². The van der Waals surface area contributed by atoms with Gasteiger partial charge in [0, 0.05) is 47.8 Å². The highest BCUT2D eigenvalue weighted by molar-refractivity contribution is 7.80. The minimum atomic E-state index is -4.47. The Morgan fingerprint density at radius 1 is 0.952 bits per heavy atom. The highest BCUT2D eigenvalue weighted by atomic mass is 32.1. The summed E-state index contributed by atoms with van der Waals surface area (Å²) in [7, 11) is 0. The molecule has 212 valence electrons. The van der Waals surface area contributed by atoms with Gasteiger partial charge in [-0.15, -0.1) is 0 Å². The van der Waals surface area contributed by atoms with Gasteiger partial charge in [0.25, 0.3) is 0 Å². The Labute approximate surface area is 245 Å². The number of aromatic nitrogens is 2. The smallest absolute Gasteiger partial charge is 0.352 e. The molecule has 1 aliphatic rings. The molecule has 5 aromatic rings. The summed E-state index contributed by atoms with van der Waals surface area (Å²) in [6.45, 7) is 0.282. The Morgan fingerprint density at radius 3 is 2.55 bits per heavy atom. The van der Waals surface area contributed by atoms with Crippen molar-refractivity contribution in [1.29, 1.82) is 0 Å². The molecule has 1 aliphatic heterocycles. The number of nitrogens with zero attached hydrogens (tertiary/aromatic N) is 3. The maximum absolute atomic E-state index is 13.5. The van der Waals surface area contributed by atoms with Gasteiger partial charge >= 0.3 is 6.18 Å². The van der Waals surface area contributed by atoms with Crippen molar-refractivity contribution >= 4 is 39.7 Å². The number of pyridine rings is 1. The van der Waals surface area contributed by atoms with Crippen molar-refractivity contribution in [2.75, 3.05) is 11.9 Å². The summed E-state index contributed by atoms with van der Waals surface area (Å²) in [6.07, 6.45) is -0.920. The van der Waals surface area contributed by atoms with E-state index in [2.05, 4.69) is 15.6 Å². The van der Waals surface area contributed by atoms with Crippen molar-refractivity contribution in [3.63, 3.8) is 0 Å². The van der Waals surface area contributed by atoms with Crippen LogP contribution in [0, 0.1) is 0 Å². The van der Waals surface area contributed by atoms with E-state index in [1.807, 2.05) is 71.6 Å². The van der Waals surface area contributed by atoms with Gasteiger partial charge in [-0.1, -0.05) is 48.5 Å². The summed E-state index contributed by atoms with van der Waals surface area (Å²) in [4.78, 5) is 19.6. The van der Waals surface area contributed by atoms with E-state index in [-0.39, 0.29) is 24.9 Å². The largest absolute Gasteiger partial charge is 0.416 e. The number of carbonyl (C=O) groups excluding carboxylic acids is 1. The zero-order chi connectivity index (χ0) is 29.3. The second kappa shape index (κ2) is 11.3. The lowest BCUT2D eigenvalue weighted by atomic mass is 10.0. The summed E-state index contributed by atoms with van der Waals surface area (Å²) in [5.74, 6) is -0.178. The van der Waals surface area contributed by atoms with Crippen LogP contribution in [0.2, 0.25) is 0 Å². The van der Waals surface area contributed by atoms with Gasteiger partial charge in [0.2, 0.25) is 5.91 Å². The Bertz CT molecular complexity index is 1750. The average Bonchev–Trinajstić information content (AvgIpc) is 3.60. The van der Waals surface area contributed by atoms with E-state index < -0.39 is 17.8 Å². The topological polar surface area (TPSA) is 62.2 Å². The maximum Gasteiger partial charge on any atom is 0.416 e. The summed E-state index contributed by atoms with van der Waals surface area (Å²) in [6, 6.07) is 27.2. The van der Waals surface area contributed by atoms with Gasteiger partial charge in [0.15, 0.2) is 5.11 Å². The average molecular weight is 586 g/mol. The van der Waals surface area contributed by atoms with Crippen molar-refractivity contribution in [1.82, 2.24) is 19.8 Å². The van der Waals surface area contributed by atoms with Gasteiger partial charge in [0.05, 0.1) is 23.3 Å². The number of nitrogens with one attached hydrogen (secondary N) is 2. The second-order valence-corrected chi connectivity index (χ2v) is 10.4. The van der Waals surface area contributed by atoms with Gasteiger partial charge in [-0.25, -0.2) is 0 Å². The van der Waals surface area contributed by atoms with Crippen LogP contribution in [0.1, 0.15) is 35.5 Å². The molecule has 3 aromatic carbocycles. The van der Waals surface area contributed by atoms with Gasteiger partial charge in [0.1, 0.15) is 0 Å². The molecule has 1 fully saturated rings. The van der Waals surface area contributed by atoms with Gasteiger partial charge in [-0.2, -0.15) is 13.2 Å². The second-order valence-electron chi connectivity index (χ2n) is 10.00. The highest BCUT2D eigenvalue weighted by Gasteiger charge is 2.41. The molecule has 10 heteroatoms. The highest BCUT2D eigenvalue weighted by Crippen LogP contribution is 2.40. The number of halogens is 3. The molecule has 2 atom stereocenters. The molecule has 6 rings (SSSR count). The van der Waals surface area contributed by atoms with Crippen LogP contribution in [0.15, 0.2) is 109 Å². The number of fused-ring (bicyclic) bond motifs is 1. The third kappa shape index (κ3) is 5.45. The lowest BCUT2D eigenvalue weighted by Gasteiger charge is -2.29. The maximum atomic E-state index is 13.5. The predicted octanol–water partition coefficient (Wildman–Crippen LogP) is 7.05. The number of anilines is 1. The third-order valence-corrected chi connectivity index (χ3v) is 7.73. The normalized spacial score (nSPS) is 16.9. The molecule has 0 saturated carbocycles. The fraction of sp³-hybridized carbons (Fsp3) is 0.156. The minimum Gasteiger partial charge on any atom is -0.352 e. The molecule has 0 aliphatic carbocycles. The number of amides is 1. The zero-order valence-corrected chi connectivity index (χ0v) is 23.1. The molecule has 42 heavy (non-hydrogen) atoms. The van der Waals surface area contributed by atoms with E-state index in [4.69, 9.17) is 12.2 Å². The molecule has 0 unspecified atom stereocenters. The molecule has 6 nitrogen and oxygen atoms in total. The fourth-order valence-electron chi connectivity index (χ4n) is 5.44. The van der Waals surface area contributed by atoms with Gasteiger partial charge < -0.3 is 20.1 Å². The Morgan fingerprint density at radius 2 is 1.74 bits per heavy atom. The number of hydrogen-bond donors (Lipinski definition) is 2. The summed E-state index contributed by atoms with van der Waals surface area (Å²) in [5.41, 5.74) is 1.80. The number of benzene rings is 3. The van der Waals surface area contributed by atoms with Crippen molar-refractivity contribution in [2.24, 2.45) is 0 Å². The van der Waals surface area contributed by atoms with Gasteiger partial charge in [-0.3, -0.25) is 9.78 Å². The quantitative estimate of drug-likeness (QED) is 0.201. The summed E-state index contributed by atoms with van der Waals surface area (Å²) >= 11 is 5.74. The molecular formula is C32H26F3N5OS. The van der Waals surface area contributed by atoms with Crippen molar-refractivity contribution in [3.05, 3.63) is 126 Å². The molecule has 2 N–H and O–H groups in total. The molecule has 1 saturated heterocycles. The number of hydrogen-bond acceptors (Lipinski definition) is 3. The van der Waals surface area contributed by atoms with E-state index >= 15 is 0 Å². The molecule has 3 heterocycles. The third-order valence-electron chi connectivity index (χ3n) is 7.38. The summed E-state index contributed by atoms with van der Waals surface area (Å²) < 4.78 is 42.3. The van der Waals surface area contributed by atoms with E-state index in [1.54, 1.807) is 29.1 Å². The summed E-state index contributed by atoms with van der Waals surface area (Å²) in [5, 5.41) is 8.76. The van der Waals surface area contributed by atoms with Crippen LogP contribution >= 0.6 is 12.2 Å². The minimum absolute atomic E-state index is 0.140. The van der Waals surface area contributed by atoms with E-state index in [0.29, 0.717) is 16.5 Å². The monoisotopic (exact) mass is 585 g/mol. The first-order valence-corrected chi connectivity index (χ1v) is 13.8. The molecule has 0 bridgehead atoms. The van der Waals surface area contributed by atoms with Crippen molar-refractivity contribution < 1.29 is 18.0 Å². The first-order chi connectivity index (χ1) is 20.3. The standard InChI is InChI=1S/C32H26F3N5OS/c33-32(34,35)22-10-6-11-23(20-22)39-18-7-15-27(39)30-29(26-13-3-4-17-36-26)38-31(42)40(30)19-16-28(41)37-25-14-5-9-21-8-1-2-12-24(21)25/h1-15,17-18,20,29-30H,16,19H2,(H,37,41)(H,38,42)/t29-,30-/m0/s1. The van der Waals surface area contributed by atoms with Crippen molar-refractivity contribution in [3.8, 4) is 5.69 Å². The van der Waals surface area contributed by atoms with Crippen LogP contribution in [-0.2, 0) is 11.0 Å². The number of thiocarbonyl (C=S) groups is 1. The number of rotatable bonds is 7. The first kappa shape index (κ1) is 27.5. The van der Waals surface area contributed by atoms with Gasteiger partial charge in [-0.05, 0) is 66.1 Å². The Hall–Kier alpha value is -4.70. The zero-order valence-electron chi connectivity index (χ0n) is 22.3. The van der Waals surface area contributed by atoms with Crippen LogP contribution in [0.3, 0.4) is 0 Å². The predicted molar refractivity (Wildman–Crippen MR) is 160 cm³/mol. The Kier molecular flexibility index (Phi) is 7.38. The van der Waals surface area contributed by atoms with Crippen LogP contribution < -0.4 is 10.6 Å². The first-order valence-electron chi connectivity index (χ1n) is 13.4. The molecular weight excluding hydrogens is 559 g/mol. The molecule has 2 aromatic heterocycles. The molecule has 0 spiro atoms. The van der Waals surface area contributed by atoms with Crippen LogP contribution in [0.25, 0.3) is 16.5 Å². The number of alkyl halides is 3. The SMILES string of the molecule is O=C(CCN1C(=S)N[C@@H](c2ccccn2)[C@@H]1c1cccn1-c1cccc(C(F)(F)F)c1)Nc1cccc2ccccc12. The molecule has 1 amide bonds. The lowest BCUT2D eigenvalue weighted by Crippen LogP contribution is -2.33. The van der Waals surface area contributed by atoms with E-state index in [9.17, 15) is 18.0 Å². The van der Waals surface area contributed by atoms with E-state index in [0.717, 1.165) is 34.3 Å². The van der Waals surface area contributed by atoms with Crippen LogP contribution in [-0.4, -0.2) is 32.0 Å². The number of carbonyl (C=O) groups is 1. The fourth-order valence-corrected chi connectivity index (χ4v) is 5.77. The Balaban J connectivity index is 1.31. The van der Waals surface area contributed by atoms with Crippen molar-refractivity contribution in [2.45, 2.75) is 24.7 Å². The molecule has 0 radical (unpaired) electrons. The van der Waals surface area contributed by atoms with Crippen LogP contribution in [0.4, 0.5) is 18.9 Å². The lowest BCUT2D eigenvalue weighted by molar-refractivity contribution is -0.137.